The second-order valence-corrected chi connectivity index (χ2v) is 3.35. The van der Waals surface area contributed by atoms with Gasteiger partial charge in [0.2, 0.25) is 0 Å². The minimum atomic E-state index is -4.58. The third-order valence-corrected chi connectivity index (χ3v) is 2.07. The molecule has 0 saturated heterocycles. The predicted molar refractivity (Wildman–Crippen MR) is 51.8 cm³/mol. The smallest absolute Gasteiger partial charge is 0.448 e. The molecule has 18 heavy (non-hydrogen) atoms. The lowest BCUT2D eigenvalue weighted by Crippen LogP contribution is -2.42. The van der Waals surface area contributed by atoms with Gasteiger partial charge in [-0.2, -0.15) is 13.2 Å². The molecule has 9 heteroatoms. The highest BCUT2D eigenvalue weighted by molar-refractivity contribution is 5.99. The number of hydrogen-bond donors (Lipinski definition) is 2. The van der Waals surface area contributed by atoms with Crippen molar-refractivity contribution in [3.63, 3.8) is 0 Å². The SMILES string of the molecule is O=C(O)c1ccc(C2=NOC(C(F)(F)F)N2)cn1. The van der Waals surface area contributed by atoms with Gasteiger partial charge in [0.25, 0.3) is 6.23 Å². The third kappa shape index (κ3) is 2.34. The molecule has 96 valence electrons. The lowest BCUT2D eigenvalue weighted by molar-refractivity contribution is -0.218. The number of carboxylic acid groups (broad SMARTS) is 1. The molecule has 0 amide bonds. The number of carboxylic acids is 1. The van der Waals surface area contributed by atoms with Crippen LogP contribution in [0.4, 0.5) is 13.2 Å². The molecule has 0 fully saturated rings. The largest absolute Gasteiger partial charge is 0.477 e. The van der Waals surface area contributed by atoms with Crippen LogP contribution in [0.2, 0.25) is 0 Å². The van der Waals surface area contributed by atoms with Crippen LogP contribution >= 0.6 is 0 Å². The number of halogens is 3. The summed E-state index contributed by atoms with van der Waals surface area (Å²) in [4.78, 5) is 18.3. The third-order valence-electron chi connectivity index (χ3n) is 2.07. The fourth-order valence-electron chi connectivity index (χ4n) is 1.22. The van der Waals surface area contributed by atoms with Gasteiger partial charge in [0.15, 0.2) is 5.84 Å². The lowest BCUT2D eigenvalue weighted by Gasteiger charge is -2.12. The van der Waals surface area contributed by atoms with Gasteiger partial charge in [0.1, 0.15) is 5.69 Å². The molecule has 6 nitrogen and oxygen atoms in total. The molecule has 0 aromatic carbocycles. The zero-order chi connectivity index (χ0) is 13.3. The van der Waals surface area contributed by atoms with E-state index >= 15 is 0 Å². The number of nitrogens with one attached hydrogen (secondary N) is 1. The molecule has 1 unspecified atom stereocenters. The zero-order valence-corrected chi connectivity index (χ0v) is 8.60. The van der Waals surface area contributed by atoms with Crippen LogP contribution in [0, 0.1) is 0 Å². The van der Waals surface area contributed by atoms with Gasteiger partial charge in [0, 0.05) is 11.8 Å². The summed E-state index contributed by atoms with van der Waals surface area (Å²) in [6.07, 6.45) is -5.69. The summed E-state index contributed by atoms with van der Waals surface area (Å²) in [5.74, 6) is -1.38. The highest BCUT2D eigenvalue weighted by Gasteiger charge is 2.45. The van der Waals surface area contributed by atoms with Gasteiger partial charge in [-0.25, -0.2) is 9.78 Å². The molecule has 2 N–H and O–H groups in total. The van der Waals surface area contributed by atoms with E-state index in [1.165, 1.54) is 6.07 Å². The number of nitrogens with zero attached hydrogens (tertiary/aromatic N) is 2. The molecular weight excluding hydrogens is 255 g/mol. The number of amidine groups is 1. The van der Waals surface area contributed by atoms with E-state index in [9.17, 15) is 18.0 Å². The first-order valence-electron chi connectivity index (χ1n) is 4.65. The standard InChI is InChI=1S/C9H6F3N3O3/c10-9(11,12)8-14-6(15-18-8)4-1-2-5(7(16)17)13-3-4/h1-3,8H,(H,14,15)(H,16,17). The van der Waals surface area contributed by atoms with Crippen molar-refractivity contribution in [2.75, 3.05) is 0 Å². The van der Waals surface area contributed by atoms with E-state index in [-0.39, 0.29) is 17.1 Å². The van der Waals surface area contributed by atoms with Crippen LogP contribution in [0.3, 0.4) is 0 Å². The van der Waals surface area contributed by atoms with E-state index in [0.717, 1.165) is 12.3 Å². The lowest BCUT2D eigenvalue weighted by atomic mass is 10.2. The van der Waals surface area contributed by atoms with Crippen LogP contribution in [0.5, 0.6) is 0 Å². The number of hydrogen-bond acceptors (Lipinski definition) is 5. The molecule has 1 aromatic rings. The summed E-state index contributed by atoms with van der Waals surface area (Å²) >= 11 is 0. The monoisotopic (exact) mass is 261 g/mol. The fourth-order valence-corrected chi connectivity index (χ4v) is 1.22. The topological polar surface area (TPSA) is 83.8 Å². The van der Waals surface area contributed by atoms with E-state index in [2.05, 4.69) is 15.0 Å². The van der Waals surface area contributed by atoms with Gasteiger partial charge < -0.3 is 15.3 Å². The van der Waals surface area contributed by atoms with E-state index in [1.807, 2.05) is 5.32 Å². The average molecular weight is 261 g/mol. The first-order chi connectivity index (χ1) is 8.38. The quantitative estimate of drug-likeness (QED) is 0.828. The highest BCUT2D eigenvalue weighted by atomic mass is 19.4. The molecule has 1 aromatic heterocycles. The van der Waals surface area contributed by atoms with Crippen LogP contribution < -0.4 is 5.32 Å². The minimum absolute atomic E-state index is 0.151. The molecule has 0 aliphatic carbocycles. The Morgan fingerprint density at radius 2 is 2.17 bits per heavy atom. The average Bonchev–Trinajstić information content (AvgIpc) is 2.78. The Morgan fingerprint density at radius 1 is 1.44 bits per heavy atom. The van der Waals surface area contributed by atoms with Gasteiger partial charge in [0.05, 0.1) is 0 Å². The summed E-state index contributed by atoms with van der Waals surface area (Å²) in [5, 5.41) is 13.8. The Bertz CT molecular complexity index is 498. The summed E-state index contributed by atoms with van der Waals surface area (Å²) in [7, 11) is 0. The molecule has 1 aliphatic rings. The van der Waals surface area contributed by atoms with E-state index < -0.39 is 18.4 Å². The van der Waals surface area contributed by atoms with Crippen molar-refractivity contribution in [2.45, 2.75) is 12.4 Å². The Hall–Kier alpha value is -2.32. The highest BCUT2D eigenvalue weighted by Crippen LogP contribution is 2.24. The van der Waals surface area contributed by atoms with Gasteiger partial charge >= 0.3 is 12.1 Å². The van der Waals surface area contributed by atoms with Crippen LogP contribution in [-0.2, 0) is 4.84 Å². The maximum absolute atomic E-state index is 12.3. The summed E-state index contributed by atoms with van der Waals surface area (Å²) in [6, 6.07) is 2.44. The molecule has 2 heterocycles. The summed E-state index contributed by atoms with van der Waals surface area (Å²) in [6.45, 7) is 0. The molecule has 1 atom stereocenters. The van der Waals surface area contributed by atoms with Crippen molar-refractivity contribution in [1.29, 1.82) is 0 Å². The predicted octanol–water partition coefficient (Wildman–Crippen LogP) is 0.950. The molecule has 0 radical (unpaired) electrons. The van der Waals surface area contributed by atoms with Crippen LogP contribution in [0.25, 0.3) is 0 Å². The number of aromatic nitrogens is 1. The van der Waals surface area contributed by atoms with Gasteiger partial charge in [-0.3, -0.25) is 0 Å². The first-order valence-corrected chi connectivity index (χ1v) is 4.65. The van der Waals surface area contributed by atoms with Gasteiger partial charge in [-0.05, 0) is 12.1 Å². The van der Waals surface area contributed by atoms with Crippen molar-refractivity contribution in [3.8, 4) is 0 Å². The van der Waals surface area contributed by atoms with Crippen molar-refractivity contribution < 1.29 is 27.9 Å². The Labute approximate surface area is 98.1 Å². The number of carbonyl (C=O) groups is 1. The minimum Gasteiger partial charge on any atom is -0.477 e. The van der Waals surface area contributed by atoms with E-state index in [4.69, 9.17) is 5.11 Å². The number of aromatic carboxylic acids is 1. The fraction of sp³-hybridized carbons (Fsp3) is 0.222. The second kappa shape index (κ2) is 4.17. The van der Waals surface area contributed by atoms with Crippen molar-refractivity contribution in [3.05, 3.63) is 29.6 Å². The molecule has 0 saturated carbocycles. The van der Waals surface area contributed by atoms with Gasteiger partial charge in [-0.1, -0.05) is 5.16 Å². The Morgan fingerprint density at radius 3 is 2.61 bits per heavy atom. The van der Waals surface area contributed by atoms with Crippen molar-refractivity contribution >= 4 is 11.8 Å². The van der Waals surface area contributed by atoms with Gasteiger partial charge in [-0.15, -0.1) is 0 Å². The number of pyridine rings is 1. The Kier molecular flexibility index (Phi) is 2.81. The van der Waals surface area contributed by atoms with Crippen LogP contribution in [0.1, 0.15) is 16.1 Å². The molecule has 0 bridgehead atoms. The summed E-state index contributed by atoms with van der Waals surface area (Å²) < 4.78 is 36.8. The molecule has 2 rings (SSSR count). The Balaban J connectivity index is 2.12. The maximum atomic E-state index is 12.3. The number of rotatable bonds is 2. The number of oxime groups is 1. The van der Waals surface area contributed by atoms with Crippen molar-refractivity contribution in [2.24, 2.45) is 5.16 Å². The molecule has 1 aliphatic heterocycles. The normalized spacial score (nSPS) is 18.8. The van der Waals surface area contributed by atoms with Crippen LogP contribution in [0.15, 0.2) is 23.5 Å². The summed E-state index contributed by atoms with van der Waals surface area (Å²) in [5.41, 5.74) is -0.0163. The van der Waals surface area contributed by atoms with E-state index in [1.54, 1.807) is 0 Å². The van der Waals surface area contributed by atoms with E-state index in [0.29, 0.717) is 0 Å². The molecular formula is C9H6F3N3O3. The zero-order valence-electron chi connectivity index (χ0n) is 8.60. The van der Waals surface area contributed by atoms with Crippen LogP contribution in [-0.4, -0.2) is 34.3 Å². The maximum Gasteiger partial charge on any atom is 0.448 e. The van der Waals surface area contributed by atoms with Crippen molar-refractivity contribution in [1.82, 2.24) is 10.3 Å². The number of alkyl halides is 3. The molecule has 0 spiro atoms. The second-order valence-electron chi connectivity index (χ2n) is 3.35. The first kappa shape index (κ1) is 12.1.